The first kappa shape index (κ1) is 14.4. The van der Waals surface area contributed by atoms with Crippen LogP contribution < -0.4 is 4.72 Å². The van der Waals surface area contributed by atoms with E-state index < -0.39 is 10.0 Å². The van der Waals surface area contributed by atoms with E-state index in [2.05, 4.69) is 16.9 Å². The predicted molar refractivity (Wildman–Crippen MR) is 80.5 cm³/mol. The lowest BCUT2D eigenvalue weighted by atomic mass is 9.94. The fraction of sp³-hybridized carbons (Fsp3) is 0.429. The molecular weight excluding hydrogens is 317 g/mol. The Hall–Kier alpha value is -0.550. The van der Waals surface area contributed by atoms with Gasteiger partial charge in [-0.1, -0.05) is 35.4 Å². The van der Waals surface area contributed by atoms with Crippen molar-refractivity contribution in [3.63, 3.8) is 0 Å². The van der Waals surface area contributed by atoms with Gasteiger partial charge in [-0.25, -0.2) is 13.1 Å². The Morgan fingerprint density at radius 3 is 2.55 bits per heavy atom. The van der Waals surface area contributed by atoms with E-state index in [9.17, 15) is 8.42 Å². The van der Waals surface area contributed by atoms with E-state index in [1.54, 1.807) is 0 Å². The van der Waals surface area contributed by atoms with Crippen LogP contribution in [0.1, 0.15) is 12.8 Å². The van der Waals surface area contributed by atoms with Gasteiger partial charge in [0.1, 0.15) is 0 Å². The molecule has 2 aliphatic carbocycles. The molecule has 0 aliphatic heterocycles. The number of halogens is 2. The normalized spacial score (nSPS) is 28.2. The van der Waals surface area contributed by atoms with E-state index >= 15 is 0 Å². The number of sulfonamides is 1. The van der Waals surface area contributed by atoms with Gasteiger partial charge in [0.25, 0.3) is 0 Å². The maximum Gasteiger partial charge on any atom is 0.240 e. The Labute approximate surface area is 129 Å². The Morgan fingerprint density at radius 2 is 1.95 bits per heavy atom. The summed E-state index contributed by atoms with van der Waals surface area (Å²) < 4.78 is 27.1. The molecule has 0 unspecified atom stereocenters. The van der Waals surface area contributed by atoms with Gasteiger partial charge in [0.15, 0.2) is 0 Å². The second kappa shape index (κ2) is 5.34. The molecule has 1 aromatic rings. The Morgan fingerprint density at radius 1 is 1.15 bits per heavy atom. The number of allylic oxidation sites excluding steroid dienone is 2. The summed E-state index contributed by atoms with van der Waals surface area (Å²) in [5.74, 6) is 1.57. The van der Waals surface area contributed by atoms with Crippen molar-refractivity contribution in [1.29, 1.82) is 0 Å². The average molecular weight is 332 g/mol. The predicted octanol–water partition coefficient (Wildman–Crippen LogP) is 3.48. The molecule has 1 N–H and O–H groups in total. The molecule has 1 fully saturated rings. The van der Waals surface area contributed by atoms with Crippen LogP contribution in [0.15, 0.2) is 35.2 Å². The van der Waals surface area contributed by atoms with Gasteiger partial charge in [-0.2, -0.15) is 0 Å². The van der Waals surface area contributed by atoms with Crippen molar-refractivity contribution >= 4 is 33.2 Å². The molecular formula is C14H15Cl2NO2S. The van der Waals surface area contributed by atoms with E-state index in [1.165, 1.54) is 24.6 Å². The van der Waals surface area contributed by atoms with Gasteiger partial charge in [0.05, 0.1) is 14.9 Å². The zero-order valence-corrected chi connectivity index (χ0v) is 13.0. The quantitative estimate of drug-likeness (QED) is 0.858. The Balaban J connectivity index is 1.69. The van der Waals surface area contributed by atoms with Gasteiger partial charge in [0.2, 0.25) is 10.0 Å². The summed E-state index contributed by atoms with van der Waals surface area (Å²) in [7, 11) is -3.52. The molecule has 3 atom stereocenters. The lowest BCUT2D eigenvalue weighted by Crippen LogP contribution is -2.31. The highest BCUT2D eigenvalue weighted by Gasteiger charge is 2.35. The van der Waals surface area contributed by atoms with Gasteiger partial charge >= 0.3 is 0 Å². The van der Waals surface area contributed by atoms with Crippen LogP contribution in [0.2, 0.25) is 10.0 Å². The van der Waals surface area contributed by atoms with Gasteiger partial charge in [-0.15, -0.1) is 0 Å². The zero-order chi connectivity index (χ0) is 14.3. The summed E-state index contributed by atoms with van der Waals surface area (Å²) in [6.45, 7) is 0.480. The van der Waals surface area contributed by atoms with E-state index in [0.717, 1.165) is 6.42 Å². The van der Waals surface area contributed by atoms with Gasteiger partial charge < -0.3 is 0 Å². The average Bonchev–Trinajstić information content (AvgIpc) is 3.02. The summed E-state index contributed by atoms with van der Waals surface area (Å²) in [6, 6.07) is 4.35. The number of rotatable bonds is 4. The topological polar surface area (TPSA) is 46.2 Å². The molecule has 20 heavy (non-hydrogen) atoms. The van der Waals surface area contributed by atoms with Gasteiger partial charge in [0, 0.05) is 6.54 Å². The third-order valence-corrected chi connectivity index (χ3v) is 6.31. The third-order valence-electron chi connectivity index (χ3n) is 4.15. The van der Waals surface area contributed by atoms with Crippen molar-refractivity contribution in [2.45, 2.75) is 17.7 Å². The number of nitrogens with one attached hydrogen (secondary N) is 1. The largest absolute Gasteiger partial charge is 0.240 e. The summed E-state index contributed by atoms with van der Waals surface area (Å²) in [5, 5.41) is 0.598. The van der Waals surface area contributed by atoms with Crippen molar-refractivity contribution in [1.82, 2.24) is 4.72 Å². The molecule has 0 saturated heterocycles. The molecule has 6 heteroatoms. The summed E-state index contributed by atoms with van der Waals surface area (Å²) in [4.78, 5) is 0.158. The first-order chi connectivity index (χ1) is 9.45. The van der Waals surface area contributed by atoms with Crippen molar-refractivity contribution in [3.05, 3.63) is 40.4 Å². The molecule has 1 saturated carbocycles. The summed E-state index contributed by atoms with van der Waals surface area (Å²) in [6.07, 6.45) is 6.70. The standard InChI is InChI=1S/C14H15Cl2NO2S/c15-13-4-3-12(7-14(13)16)20(18,19)17-8-11-6-9-1-2-10(11)5-9/h1-4,7,9-11,17H,5-6,8H2/t9-,10+,11-/m0/s1. The number of benzene rings is 1. The first-order valence-electron chi connectivity index (χ1n) is 6.59. The van der Waals surface area contributed by atoms with Crippen LogP contribution in [-0.2, 0) is 10.0 Å². The SMILES string of the molecule is O=S(=O)(NC[C@@H]1C[C@H]2C=C[C@@H]1C2)c1ccc(Cl)c(Cl)c1. The molecule has 2 bridgehead atoms. The van der Waals surface area contributed by atoms with E-state index in [1.807, 2.05) is 0 Å². The minimum absolute atomic E-state index is 0.158. The fourth-order valence-corrected chi connectivity index (χ4v) is 4.56. The lowest BCUT2D eigenvalue weighted by Gasteiger charge is -2.18. The van der Waals surface area contributed by atoms with Crippen LogP contribution in [0.5, 0.6) is 0 Å². The minimum atomic E-state index is -3.52. The van der Waals surface area contributed by atoms with Crippen LogP contribution in [0.25, 0.3) is 0 Å². The molecule has 3 nitrogen and oxygen atoms in total. The molecule has 2 aliphatic rings. The highest BCUT2D eigenvalue weighted by atomic mass is 35.5. The number of fused-ring (bicyclic) bond motifs is 2. The van der Waals surface area contributed by atoms with Crippen LogP contribution >= 0.6 is 23.2 Å². The maximum absolute atomic E-state index is 12.2. The van der Waals surface area contributed by atoms with E-state index in [-0.39, 0.29) is 9.92 Å². The van der Waals surface area contributed by atoms with Gasteiger partial charge in [-0.3, -0.25) is 0 Å². The van der Waals surface area contributed by atoms with E-state index in [4.69, 9.17) is 23.2 Å². The minimum Gasteiger partial charge on any atom is -0.211 e. The Bertz CT molecular complexity index is 657. The van der Waals surface area contributed by atoms with Crippen molar-refractivity contribution < 1.29 is 8.42 Å². The van der Waals surface area contributed by atoms with Crippen LogP contribution in [-0.4, -0.2) is 15.0 Å². The highest BCUT2D eigenvalue weighted by Crippen LogP contribution is 2.43. The monoisotopic (exact) mass is 331 g/mol. The summed E-state index contributed by atoms with van der Waals surface area (Å²) >= 11 is 11.7. The van der Waals surface area contributed by atoms with Crippen LogP contribution in [0.4, 0.5) is 0 Å². The van der Waals surface area contributed by atoms with Crippen LogP contribution in [0, 0.1) is 17.8 Å². The molecule has 3 rings (SSSR count). The highest BCUT2D eigenvalue weighted by molar-refractivity contribution is 7.89. The second-order valence-electron chi connectivity index (χ2n) is 5.47. The number of hydrogen-bond donors (Lipinski definition) is 1. The van der Waals surface area contributed by atoms with E-state index in [0.29, 0.717) is 29.3 Å². The first-order valence-corrected chi connectivity index (χ1v) is 8.82. The molecule has 0 radical (unpaired) electrons. The smallest absolute Gasteiger partial charge is 0.211 e. The number of hydrogen-bond acceptors (Lipinski definition) is 2. The molecule has 108 valence electrons. The van der Waals surface area contributed by atoms with Crippen LogP contribution in [0.3, 0.4) is 0 Å². The third kappa shape index (κ3) is 2.75. The maximum atomic E-state index is 12.2. The fourth-order valence-electron chi connectivity index (χ4n) is 3.07. The molecule has 1 aromatic carbocycles. The lowest BCUT2D eigenvalue weighted by molar-refractivity contribution is 0.440. The molecule has 0 amide bonds. The zero-order valence-electron chi connectivity index (χ0n) is 10.7. The van der Waals surface area contributed by atoms with Crippen molar-refractivity contribution in [2.24, 2.45) is 17.8 Å². The van der Waals surface area contributed by atoms with Crippen molar-refractivity contribution in [2.75, 3.05) is 6.54 Å². The summed E-state index contributed by atoms with van der Waals surface area (Å²) in [5.41, 5.74) is 0. The molecule has 0 aromatic heterocycles. The van der Waals surface area contributed by atoms with Crippen molar-refractivity contribution in [3.8, 4) is 0 Å². The Kier molecular flexibility index (Phi) is 3.84. The molecule has 0 spiro atoms. The molecule has 0 heterocycles. The second-order valence-corrected chi connectivity index (χ2v) is 8.05. The van der Waals surface area contributed by atoms with Gasteiger partial charge in [-0.05, 0) is 48.8 Å².